The molecule has 1 unspecified atom stereocenters. The summed E-state index contributed by atoms with van der Waals surface area (Å²) in [5.74, 6) is 1.72. The largest absolute Gasteiger partial charge is 0.497 e. The van der Waals surface area contributed by atoms with Gasteiger partial charge in [0, 0.05) is 13.1 Å². The maximum absolute atomic E-state index is 12.1. The van der Waals surface area contributed by atoms with Crippen molar-refractivity contribution in [1.29, 1.82) is 0 Å². The van der Waals surface area contributed by atoms with E-state index in [4.69, 9.17) is 4.74 Å². The van der Waals surface area contributed by atoms with Crippen LogP contribution in [0.5, 0.6) is 5.75 Å². The van der Waals surface area contributed by atoms with Crippen LogP contribution in [0.15, 0.2) is 24.3 Å². The standard InChI is InChI=1S/C16H22N2O2S/c1-20-14-6-4-13(5-7-14)16-18(15(19)12-21-16)11-10-17-8-2-3-9-17/h4-7,16H,2-3,8-12H2,1H3. The van der Waals surface area contributed by atoms with Crippen molar-refractivity contribution < 1.29 is 9.53 Å². The molecule has 1 amide bonds. The molecule has 0 N–H and O–H groups in total. The van der Waals surface area contributed by atoms with Gasteiger partial charge in [0.25, 0.3) is 0 Å². The lowest BCUT2D eigenvalue weighted by molar-refractivity contribution is -0.128. The first kappa shape index (κ1) is 14.7. The minimum Gasteiger partial charge on any atom is -0.497 e. The average molecular weight is 306 g/mol. The number of benzene rings is 1. The highest BCUT2D eigenvalue weighted by Gasteiger charge is 2.32. The zero-order valence-corrected chi connectivity index (χ0v) is 13.3. The molecule has 0 bridgehead atoms. The van der Waals surface area contributed by atoms with Gasteiger partial charge in [-0.25, -0.2) is 0 Å². The zero-order chi connectivity index (χ0) is 14.7. The molecule has 3 rings (SSSR count). The van der Waals surface area contributed by atoms with E-state index in [1.807, 2.05) is 17.0 Å². The maximum atomic E-state index is 12.1. The SMILES string of the molecule is COc1ccc(C2SCC(=O)N2CCN2CCCC2)cc1. The van der Waals surface area contributed by atoms with Gasteiger partial charge in [0.2, 0.25) is 5.91 Å². The number of methoxy groups -OCH3 is 1. The summed E-state index contributed by atoms with van der Waals surface area (Å²) in [6, 6.07) is 8.07. The minimum absolute atomic E-state index is 0.158. The van der Waals surface area contributed by atoms with Crippen molar-refractivity contribution >= 4 is 17.7 Å². The lowest BCUT2D eigenvalue weighted by Gasteiger charge is -2.26. The Morgan fingerprint density at radius 3 is 2.57 bits per heavy atom. The Hall–Kier alpha value is -1.20. The van der Waals surface area contributed by atoms with Crippen LogP contribution in [0.2, 0.25) is 0 Å². The van der Waals surface area contributed by atoms with Crippen LogP contribution in [0.4, 0.5) is 0 Å². The minimum atomic E-state index is 0.158. The summed E-state index contributed by atoms with van der Waals surface area (Å²) < 4.78 is 5.20. The Labute approximate surface area is 130 Å². The molecule has 5 heteroatoms. The van der Waals surface area contributed by atoms with E-state index in [9.17, 15) is 4.79 Å². The molecule has 0 spiro atoms. The van der Waals surface area contributed by atoms with E-state index in [0.717, 1.165) is 18.8 Å². The van der Waals surface area contributed by atoms with Gasteiger partial charge in [0.1, 0.15) is 11.1 Å². The molecule has 2 saturated heterocycles. The first-order valence-electron chi connectivity index (χ1n) is 7.55. The fourth-order valence-corrected chi connectivity index (χ4v) is 4.21. The molecular formula is C16H22N2O2S. The van der Waals surface area contributed by atoms with Crippen molar-refractivity contribution in [3.8, 4) is 5.75 Å². The number of ether oxygens (including phenoxy) is 1. The summed E-state index contributed by atoms with van der Waals surface area (Å²) in [6.07, 6.45) is 2.59. The van der Waals surface area contributed by atoms with E-state index in [-0.39, 0.29) is 11.3 Å². The van der Waals surface area contributed by atoms with Crippen LogP contribution < -0.4 is 4.74 Å². The normalized spacial score (nSPS) is 23.0. The fraction of sp³-hybridized carbons (Fsp3) is 0.562. The van der Waals surface area contributed by atoms with Crippen LogP contribution in [-0.2, 0) is 4.79 Å². The molecule has 1 aromatic rings. The average Bonchev–Trinajstić information content (AvgIpc) is 3.15. The first-order valence-corrected chi connectivity index (χ1v) is 8.60. The molecule has 2 aliphatic heterocycles. The zero-order valence-electron chi connectivity index (χ0n) is 12.5. The lowest BCUT2D eigenvalue weighted by atomic mass is 10.2. The van der Waals surface area contributed by atoms with Gasteiger partial charge in [0.15, 0.2) is 0 Å². The molecule has 2 heterocycles. The number of amides is 1. The van der Waals surface area contributed by atoms with E-state index >= 15 is 0 Å². The molecule has 2 aliphatic rings. The van der Waals surface area contributed by atoms with Crippen molar-refractivity contribution in [3.63, 3.8) is 0 Å². The van der Waals surface area contributed by atoms with Crippen LogP contribution in [-0.4, -0.2) is 54.7 Å². The summed E-state index contributed by atoms with van der Waals surface area (Å²) in [6.45, 7) is 4.20. The van der Waals surface area contributed by atoms with Crippen LogP contribution in [0, 0.1) is 0 Å². The van der Waals surface area contributed by atoms with Gasteiger partial charge in [0.05, 0.1) is 12.9 Å². The number of carbonyl (C=O) groups is 1. The van der Waals surface area contributed by atoms with Crippen molar-refractivity contribution in [2.45, 2.75) is 18.2 Å². The number of nitrogens with zero attached hydrogens (tertiary/aromatic N) is 2. The van der Waals surface area contributed by atoms with Gasteiger partial charge >= 0.3 is 0 Å². The van der Waals surface area contributed by atoms with E-state index in [2.05, 4.69) is 17.0 Å². The maximum Gasteiger partial charge on any atom is 0.233 e. The summed E-state index contributed by atoms with van der Waals surface area (Å²) in [5, 5.41) is 0.158. The van der Waals surface area contributed by atoms with Gasteiger partial charge in [-0.1, -0.05) is 12.1 Å². The number of hydrogen-bond donors (Lipinski definition) is 0. The highest BCUT2D eigenvalue weighted by atomic mass is 32.2. The van der Waals surface area contributed by atoms with Crippen LogP contribution in [0.1, 0.15) is 23.8 Å². The number of hydrogen-bond acceptors (Lipinski definition) is 4. The van der Waals surface area contributed by atoms with Crippen LogP contribution >= 0.6 is 11.8 Å². The highest BCUT2D eigenvalue weighted by molar-refractivity contribution is 8.00. The van der Waals surface area contributed by atoms with E-state index in [1.54, 1.807) is 18.9 Å². The molecule has 21 heavy (non-hydrogen) atoms. The monoisotopic (exact) mass is 306 g/mol. The summed E-state index contributed by atoms with van der Waals surface area (Å²) >= 11 is 1.72. The van der Waals surface area contributed by atoms with Crippen molar-refractivity contribution in [1.82, 2.24) is 9.80 Å². The third kappa shape index (κ3) is 3.35. The van der Waals surface area contributed by atoms with E-state index in [1.165, 1.54) is 31.5 Å². The van der Waals surface area contributed by atoms with Gasteiger partial charge in [-0.05, 0) is 43.6 Å². The number of likely N-dealkylation sites (tertiary alicyclic amines) is 1. The van der Waals surface area contributed by atoms with Crippen LogP contribution in [0.25, 0.3) is 0 Å². The third-order valence-electron chi connectivity index (χ3n) is 4.22. The molecule has 0 saturated carbocycles. The van der Waals surface area contributed by atoms with E-state index in [0.29, 0.717) is 5.75 Å². The molecule has 0 aliphatic carbocycles. The quantitative estimate of drug-likeness (QED) is 0.836. The van der Waals surface area contributed by atoms with Gasteiger partial charge in [-0.2, -0.15) is 0 Å². The highest BCUT2D eigenvalue weighted by Crippen LogP contribution is 2.38. The van der Waals surface area contributed by atoms with Crippen molar-refractivity contribution in [2.24, 2.45) is 0 Å². The fourth-order valence-electron chi connectivity index (χ4n) is 3.00. The van der Waals surface area contributed by atoms with Gasteiger partial charge < -0.3 is 14.5 Å². The van der Waals surface area contributed by atoms with Crippen molar-refractivity contribution in [2.75, 3.05) is 39.0 Å². The predicted molar refractivity (Wildman–Crippen MR) is 85.6 cm³/mol. The molecule has 1 atom stereocenters. The summed E-state index contributed by atoms with van der Waals surface area (Å²) in [4.78, 5) is 16.6. The molecule has 4 nitrogen and oxygen atoms in total. The summed E-state index contributed by atoms with van der Waals surface area (Å²) in [7, 11) is 1.67. The molecular weight excluding hydrogens is 284 g/mol. The van der Waals surface area contributed by atoms with Gasteiger partial charge in [-0.3, -0.25) is 4.79 Å². The summed E-state index contributed by atoms with van der Waals surface area (Å²) in [5.41, 5.74) is 1.19. The number of rotatable bonds is 5. The Bertz CT molecular complexity index is 486. The Kier molecular flexibility index (Phi) is 4.70. The second-order valence-electron chi connectivity index (χ2n) is 5.57. The number of carbonyl (C=O) groups excluding carboxylic acids is 1. The Balaban J connectivity index is 1.65. The third-order valence-corrected chi connectivity index (χ3v) is 5.48. The van der Waals surface area contributed by atoms with Crippen molar-refractivity contribution in [3.05, 3.63) is 29.8 Å². The smallest absolute Gasteiger partial charge is 0.233 e. The predicted octanol–water partition coefficient (Wildman–Crippen LogP) is 2.37. The molecule has 0 aromatic heterocycles. The molecule has 0 radical (unpaired) electrons. The number of thioether (sulfide) groups is 1. The lowest BCUT2D eigenvalue weighted by Crippen LogP contribution is -2.36. The second-order valence-corrected chi connectivity index (χ2v) is 6.64. The van der Waals surface area contributed by atoms with Crippen LogP contribution in [0.3, 0.4) is 0 Å². The molecule has 114 valence electrons. The van der Waals surface area contributed by atoms with Gasteiger partial charge in [-0.15, -0.1) is 11.8 Å². The first-order chi connectivity index (χ1) is 10.3. The Morgan fingerprint density at radius 2 is 1.90 bits per heavy atom. The van der Waals surface area contributed by atoms with E-state index < -0.39 is 0 Å². The topological polar surface area (TPSA) is 32.8 Å². The Morgan fingerprint density at radius 1 is 1.19 bits per heavy atom. The second kappa shape index (κ2) is 6.71. The molecule has 2 fully saturated rings. The molecule has 1 aromatic carbocycles.